The van der Waals surface area contributed by atoms with Crippen molar-refractivity contribution in [3.8, 4) is 5.69 Å². The third kappa shape index (κ3) is 4.21. The number of carbonyl (C=O) groups excluding carboxylic acids is 1. The molecule has 0 saturated carbocycles. The molecule has 0 spiro atoms. The summed E-state index contributed by atoms with van der Waals surface area (Å²) in [6.45, 7) is 1.09. The number of anilines is 2. The summed E-state index contributed by atoms with van der Waals surface area (Å²) < 4.78 is 21.7. The third-order valence-electron chi connectivity index (χ3n) is 3.37. The quantitative estimate of drug-likeness (QED) is 0.719. The van der Waals surface area contributed by atoms with Crippen LogP contribution >= 0.6 is 0 Å². The first kappa shape index (κ1) is 16.7. The van der Waals surface area contributed by atoms with Gasteiger partial charge in [0.2, 0.25) is 0 Å². The Labute approximate surface area is 143 Å². The SMILES string of the molecule is COCCn1cc(NC(=O)Nc2cc(F)ccc2-n2cccn2)cn1. The van der Waals surface area contributed by atoms with Crippen molar-refractivity contribution < 1.29 is 13.9 Å². The van der Waals surface area contributed by atoms with Gasteiger partial charge in [0.1, 0.15) is 5.82 Å². The summed E-state index contributed by atoms with van der Waals surface area (Å²) in [7, 11) is 1.60. The maximum atomic E-state index is 13.6. The number of halogens is 1. The molecule has 0 unspecified atom stereocenters. The summed E-state index contributed by atoms with van der Waals surface area (Å²) >= 11 is 0. The minimum absolute atomic E-state index is 0.299. The van der Waals surface area contributed by atoms with E-state index in [1.807, 2.05) is 0 Å². The van der Waals surface area contributed by atoms with E-state index in [-0.39, 0.29) is 0 Å². The number of ether oxygens (including phenoxy) is 1. The lowest BCUT2D eigenvalue weighted by Crippen LogP contribution is -2.20. The molecule has 130 valence electrons. The van der Waals surface area contributed by atoms with Crippen LogP contribution in [0.3, 0.4) is 0 Å². The predicted octanol–water partition coefficient (Wildman–Crippen LogP) is 2.50. The van der Waals surface area contributed by atoms with Crippen LogP contribution in [0.5, 0.6) is 0 Å². The number of hydrogen-bond donors (Lipinski definition) is 2. The Bertz CT molecular complexity index is 846. The van der Waals surface area contributed by atoms with E-state index in [1.165, 1.54) is 23.0 Å². The number of urea groups is 1. The van der Waals surface area contributed by atoms with Gasteiger partial charge in [-0.2, -0.15) is 10.2 Å². The van der Waals surface area contributed by atoms with Crippen LogP contribution in [0.25, 0.3) is 5.69 Å². The second-order valence-corrected chi connectivity index (χ2v) is 5.18. The number of benzene rings is 1. The van der Waals surface area contributed by atoms with Gasteiger partial charge in [-0.1, -0.05) is 0 Å². The van der Waals surface area contributed by atoms with Crippen molar-refractivity contribution in [3.63, 3.8) is 0 Å². The standard InChI is InChI=1S/C16H17FN6O2/c1-25-8-7-22-11-13(10-19-22)20-16(24)21-14-9-12(17)3-4-15(14)23-6-2-5-18-23/h2-6,9-11H,7-8H2,1H3,(H2,20,21,24). The van der Waals surface area contributed by atoms with Gasteiger partial charge in [-0.3, -0.25) is 4.68 Å². The molecular formula is C16H17FN6O2. The fraction of sp³-hybridized carbons (Fsp3) is 0.188. The average Bonchev–Trinajstić information content (AvgIpc) is 3.25. The van der Waals surface area contributed by atoms with Gasteiger partial charge in [0.15, 0.2) is 0 Å². The summed E-state index contributed by atoms with van der Waals surface area (Å²) in [5.41, 5.74) is 1.37. The van der Waals surface area contributed by atoms with E-state index in [2.05, 4.69) is 20.8 Å². The first-order chi connectivity index (χ1) is 12.2. The van der Waals surface area contributed by atoms with Crippen molar-refractivity contribution in [1.82, 2.24) is 19.6 Å². The zero-order valence-corrected chi connectivity index (χ0v) is 13.5. The molecule has 0 aliphatic rings. The molecule has 0 saturated heterocycles. The number of hydrogen-bond acceptors (Lipinski definition) is 4. The van der Waals surface area contributed by atoms with Crippen LogP contribution in [0.1, 0.15) is 0 Å². The molecule has 0 aliphatic carbocycles. The molecule has 2 amide bonds. The van der Waals surface area contributed by atoms with Crippen LogP contribution in [0, 0.1) is 5.82 Å². The minimum atomic E-state index is -0.509. The van der Waals surface area contributed by atoms with Gasteiger partial charge in [0.25, 0.3) is 0 Å². The number of aromatic nitrogens is 4. The largest absolute Gasteiger partial charge is 0.383 e. The second-order valence-electron chi connectivity index (χ2n) is 5.18. The van der Waals surface area contributed by atoms with Gasteiger partial charge >= 0.3 is 6.03 Å². The number of amides is 2. The van der Waals surface area contributed by atoms with Gasteiger partial charge in [-0.15, -0.1) is 0 Å². The Morgan fingerprint density at radius 2 is 2.20 bits per heavy atom. The summed E-state index contributed by atoms with van der Waals surface area (Å²) in [5, 5.41) is 13.5. The molecule has 0 atom stereocenters. The fourth-order valence-electron chi connectivity index (χ4n) is 2.24. The summed E-state index contributed by atoms with van der Waals surface area (Å²) in [6, 6.07) is 5.31. The van der Waals surface area contributed by atoms with Crippen LogP contribution in [0.15, 0.2) is 49.1 Å². The van der Waals surface area contributed by atoms with Gasteiger partial charge in [0.05, 0.1) is 36.4 Å². The van der Waals surface area contributed by atoms with Crippen LogP contribution in [0.4, 0.5) is 20.6 Å². The molecule has 2 heterocycles. The molecule has 0 radical (unpaired) electrons. The molecule has 0 fully saturated rings. The molecule has 2 aromatic heterocycles. The Kier molecular flexibility index (Phi) is 5.05. The highest BCUT2D eigenvalue weighted by atomic mass is 19.1. The van der Waals surface area contributed by atoms with E-state index < -0.39 is 11.8 Å². The first-order valence-electron chi connectivity index (χ1n) is 7.54. The Hall–Kier alpha value is -3.20. The molecule has 1 aromatic carbocycles. The zero-order valence-electron chi connectivity index (χ0n) is 13.5. The second kappa shape index (κ2) is 7.58. The van der Waals surface area contributed by atoms with Gasteiger partial charge in [-0.05, 0) is 24.3 Å². The van der Waals surface area contributed by atoms with Crippen molar-refractivity contribution in [2.24, 2.45) is 0 Å². The van der Waals surface area contributed by atoms with Gasteiger partial charge in [-0.25, -0.2) is 13.9 Å². The van der Waals surface area contributed by atoms with Crippen LogP contribution in [-0.4, -0.2) is 39.3 Å². The molecule has 0 aliphatic heterocycles. The summed E-state index contributed by atoms with van der Waals surface area (Å²) in [5.74, 6) is -0.460. The van der Waals surface area contributed by atoms with E-state index in [1.54, 1.807) is 42.5 Å². The lowest BCUT2D eigenvalue weighted by Gasteiger charge is -2.11. The first-order valence-corrected chi connectivity index (χ1v) is 7.54. The van der Waals surface area contributed by atoms with E-state index in [4.69, 9.17) is 4.74 Å². The Morgan fingerprint density at radius 1 is 1.32 bits per heavy atom. The van der Waals surface area contributed by atoms with Crippen molar-refractivity contribution in [3.05, 3.63) is 54.9 Å². The number of carbonyl (C=O) groups is 1. The molecule has 0 bridgehead atoms. The smallest absolute Gasteiger partial charge is 0.323 e. The van der Waals surface area contributed by atoms with E-state index >= 15 is 0 Å². The van der Waals surface area contributed by atoms with Crippen LogP contribution in [-0.2, 0) is 11.3 Å². The number of methoxy groups -OCH3 is 1. The topological polar surface area (TPSA) is 86.0 Å². The van der Waals surface area contributed by atoms with E-state index in [0.29, 0.717) is 30.2 Å². The number of nitrogens with one attached hydrogen (secondary N) is 2. The Balaban J connectivity index is 1.71. The lowest BCUT2D eigenvalue weighted by atomic mass is 10.2. The Morgan fingerprint density at radius 3 is 2.96 bits per heavy atom. The molecule has 3 aromatic rings. The maximum Gasteiger partial charge on any atom is 0.323 e. The molecule has 25 heavy (non-hydrogen) atoms. The van der Waals surface area contributed by atoms with Crippen molar-refractivity contribution >= 4 is 17.4 Å². The number of nitrogens with zero attached hydrogens (tertiary/aromatic N) is 4. The molecule has 9 heteroatoms. The van der Waals surface area contributed by atoms with Gasteiger partial charge in [0, 0.05) is 25.7 Å². The monoisotopic (exact) mass is 344 g/mol. The van der Waals surface area contributed by atoms with Crippen LogP contribution in [0.2, 0.25) is 0 Å². The zero-order chi connectivity index (χ0) is 17.6. The number of rotatable bonds is 6. The highest BCUT2D eigenvalue weighted by molar-refractivity contribution is 6.00. The lowest BCUT2D eigenvalue weighted by molar-refractivity contribution is 0.183. The molecular weight excluding hydrogens is 327 g/mol. The molecule has 8 nitrogen and oxygen atoms in total. The minimum Gasteiger partial charge on any atom is -0.383 e. The van der Waals surface area contributed by atoms with E-state index in [9.17, 15) is 9.18 Å². The fourth-order valence-corrected chi connectivity index (χ4v) is 2.24. The van der Waals surface area contributed by atoms with Crippen molar-refractivity contribution in [2.45, 2.75) is 6.54 Å². The normalized spacial score (nSPS) is 10.6. The average molecular weight is 344 g/mol. The maximum absolute atomic E-state index is 13.6. The van der Waals surface area contributed by atoms with Crippen molar-refractivity contribution in [1.29, 1.82) is 0 Å². The van der Waals surface area contributed by atoms with Gasteiger partial charge < -0.3 is 15.4 Å². The third-order valence-corrected chi connectivity index (χ3v) is 3.37. The predicted molar refractivity (Wildman–Crippen MR) is 90.3 cm³/mol. The highest BCUT2D eigenvalue weighted by Gasteiger charge is 2.11. The molecule has 3 rings (SSSR count). The van der Waals surface area contributed by atoms with Crippen molar-refractivity contribution in [2.75, 3.05) is 24.4 Å². The molecule has 2 N–H and O–H groups in total. The van der Waals surface area contributed by atoms with E-state index in [0.717, 1.165) is 0 Å². The summed E-state index contributed by atoms with van der Waals surface area (Å²) in [4.78, 5) is 12.2. The highest BCUT2D eigenvalue weighted by Crippen LogP contribution is 2.21. The van der Waals surface area contributed by atoms with Crippen LogP contribution < -0.4 is 10.6 Å². The summed E-state index contributed by atoms with van der Waals surface area (Å²) in [6.07, 6.45) is 6.51.